The number of hydrogen-bond donors (Lipinski definition) is 1. The lowest BCUT2D eigenvalue weighted by Gasteiger charge is -2.00. The minimum atomic E-state index is -0.642. The van der Waals surface area contributed by atoms with Crippen LogP contribution in [0, 0.1) is 5.92 Å². The predicted molar refractivity (Wildman–Crippen MR) is 67.8 cm³/mol. The summed E-state index contributed by atoms with van der Waals surface area (Å²) in [5.74, 6) is -0.783. The highest BCUT2D eigenvalue weighted by Crippen LogP contribution is 2.30. The van der Waals surface area contributed by atoms with Gasteiger partial charge < -0.3 is 5.11 Å². The van der Waals surface area contributed by atoms with Gasteiger partial charge >= 0.3 is 5.97 Å². The third-order valence-corrected chi connectivity index (χ3v) is 3.38. The average molecular weight is 230 g/mol. The lowest BCUT2D eigenvalue weighted by Crippen LogP contribution is -2.08. The Bertz CT molecular complexity index is 406. The maximum Gasteiger partial charge on any atom is 0.306 e. The van der Waals surface area contributed by atoms with Crippen molar-refractivity contribution in [2.45, 2.75) is 32.1 Å². The van der Waals surface area contributed by atoms with Gasteiger partial charge in [-0.2, -0.15) is 0 Å². The Labute approximate surface area is 102 Å². The first-order chi connectivity index (χ1) is 8.25. The molecule has 17 heavy (non-hydrogen) atoms. The summed E-state index contributed by atoms with van der Waals surface area (Å²) in [4.78, 5) is 10.8. The number of benzene rings is 1. The minimum absolute atomic E-state index is 0.141. The van der Waals surface area contributed by atoms with Crippen molar-refractivity contribution in [2.75, 3.05) is 0 Å². The highest BCUT2D eigenvalue weighted by molar-refractivity contribution is 5.71. The molecule has 0 spiro atoms. The van der Waals surface area contributed by atoms with Crippen LogP contribution in [-0.2, 0) is 11.2 Å². The van der Waals surface area contributed by atoms with Crippen LogP contribution in [0.5, 0.6) is 0 Å². The largest absolute Gasteiger partial charge is 0.481 e. The fourth-order valence-corrected chi connectivity index (χ4v) is 2.36. The summed E-state index contributed by atoms with van der Waals surface area (Å²) in [5, 5.41) is 8.91. The van der Waals surface area contributed by atoms with E-state index in [0.29, 0.717) is 0 Å². The van der Waals surface area contributed by atoms with Gasteiger partial charge in [0, 0.05) is 0 Å². The van der Waals surface area contributed by atoms with Crippen LogP contribution < -0.4 is 0 Å². The molecule has 0 amide bonds. The quantitative estimate of drug-likeness (QED) is 0.804. The van der Waals surface area contributed by atoms with Crippen LogP contribution in [0.25, 0.3) is 0 Å². The third-order valence-electron chi connectivity index (χ3n) is 3.38. The van der Waals surface area contributed by atoms with E-state index in [1.54, 1.807) is 0 Å². The molecule has 0 heterocycles. The number of carboxylic acids is 1. The van der Waals surface area contributed by atoms with Gasteiger partial charge in [-0.3, -0.25) is 4.79 Å². The molecule has 0 radical (unpaired) electrons. The lowest BCUT2D eigenvalue weighted by atomic mass is 10.1. The van der Waals surface area contributed by atoms with Crippen molar-refractivity contribution >= 4 is 5.97 Å². The molecule has 1 saturated carbocycles. The Kier molecular flexibility index (Phi) is 3.97. The Morgan fingerprint density at radius 2 is 2.12 bits per heavy atom. The normalized spacial score (nSPS) is 21.9. The third kappa shape index (κ3) is 3.45. The standard InChI is InChI=1S/C15H18O2/c16-15(17)14-10-9-13(11-14)8-4-7-12-5-2-1-3-6-12/h1-3,5-6,8,14H,4,7,9-11H2,(H,16,17). The maximum atomic E-state index is 10.8. The van der Waals surface area contributed by atoms with E-state index in [1.807, 2.05) is 6.07 Å². The topological polar surface area (TPSA) is 37.3 Å². The van der Waals surface area contributed by atoms with Gasteiger partial charge in [0.1, 0.15) is 0 Å². The van der Waals surface area contributed by atoms with Crippen molar-refractivity contribution in [3.63, 3.8) is 0 Å². The van der Waals surface area contributed by atoms with E-state index in [1.165, 1.54) is 11.1 Å². The van der Waals surface area contributed by atoms with E-state index in [0.717, 1.165) is 32.1 Å². The van der Waals surface area contributed by atoms with Crippen molar-refractivity contribution in [1.82, 2.24) is 0 Å². The lowest BCUT2D eigenvalue weighted by molar-refractivity contribution is -0.141. The molecule has 1 aromatic carbocycles. The molecule has 1 unspecified atom stereocenters. The highest BCUT2D eigenvalue weighted by Gasteiger charge is 2.24. The van der Waals surface area contributed by atoms with Crippen LogP contribution in [0.1, 0.15) is 31.2 Å². The zero-order valence-corrected chi connectivity index (χ0v) is 9.93. The number of hydrogen-bond acceptors (Lipinski definition) is 1. The van der Waals surface area contributed by atoms with Crippen molar-refractivity contribution in [3.8, 4) is 0 Å². The first kappa shape index (κ1) is 11.9. The molecular weight excluding hydrogens is 212 g/mol. The number of carboxylic acid groups (broad SMARTS) is 1. The van der Waals surface area contributed by atoms with Crippen LogP contribution in [-0.4, -0.2) is 11.1 Å². The molecular formula is C15H18O2. The van der Waals surface area contributed by atoms with Crippen molar-refractivity contribution in [2.24, 2.45) is 5.92 Å². The van der Waals surface area contributed by atoms with Crippen molar-refractivity contribution < 1.29 is 9.90 Å². The molecule has 1 atom stereocenters. The average Bonchev–Trinajstić information content (AvgIpc) is 2.79. The van der Waals surface area contributed by atoms with Gasteiger partial charge in [0.25, 0.3) is 0 Å². The van der Waals surface area contributed by atoms with Gasteiger partial charge in [0.15, 0.2) is 0 Å². The van der Waals surface area contributed by atoms with E-state index in [9.17, 15) is 4.79 Å². The van der Waals surface area contributed by atoms with Gasteiger partial charge in [-0.1, -0.05) is 42.0 Å². The summed E-state index contributed by atoms with van der Waals surface area (Å²) in [5.41, 5.74) is 2.67. The number of carbonyl (C=O) groups is 1. The monoisotopic (exact) mass is 230 g/mol. The SMILES string of the molecule is O=C(O)C1CCC(=CCCc2ccccc2)C1. The zero-order chi connectivity index (χ0) is 12.1. The second-order valence-electron chi connectivity index (χ2n) is 4.66. The summed E-state index contributed by atoms with van der Waals surface area (Å²) in [6, 6.07) is 10.4. The molecule has 1 N–H and O–H groups in total. The van der Waals surface area contributed by atoms with E-state index in [2.05, 4.69) is 30.3 Å². The van der Waals surface area contributed by atoms with Crippen molar-refractivity contribution in [3.05, 3.63) is 47.5 Å². The highest BCUT2D eigenvalue weighted by atomic mass is 16.4. The molecule has 2 heteroatoms. The second-order valence-corrected chi connectivity index (χ2v) is 4.66. The van der Waals surface area contributed by atoms with Gasteiger partial charge in [-0.05, 0) is 37.7 Å². The van der Waals surface area contributed by atoms with E-state index >= 15 is 0 Å². The summed E-state index contributed by atoms with van der Waals surface area (Å²) < 4.78 is 0. The first-order valence-electron chi connectivity index (χ1n) is 6.20. The first-order valence-corrected chi connectivity index (χ1v) is 6.20. The fraction of sp³-hybridized carbons (Fsp3) is 0.400. The molecule has 90 valence electrons. The number of allylic oxidation sites excluding steroid dienone is 2. The molecule has 1 aromatic rings. The molecule has 1 aliphatic rings. The molecule has 0 aromatic heterocycles. The van der Waals surface area contributed by atoms with Crippen LogP contribution in [0.15, 0.2) is 42.0 Å². The van der Waals surface area contributed by atoms with Gasteiger partial charge in [0.05, 0.1) is 5.92 Å². The number of aryl methyl sites for hydroxylation is 1. The molecule has 0 aliphatic heterocycles. The smallest absolute Gasteiger partial charge is 0.306 e. The van der Waals surface area contributed by atoms with Gasteiger partial charge in [-0.25, -0.2) is 0 Å². The fourth-order valence-electron chi connectivity index (χ4n) is 2.36. The minimum Gasteiger partial charge on any atom is -0.481 e. The number of rotatable bonds is 4. The zero-order valence-electron chi connectivity index (χ0n) is 9.93. The summed E-state index contributed by atoms with van der Waals surface area (Å²) >= 11 is 0. The Hall–Kier alpha value is -1.57. The maximum absolute atomic E-state index is 10.8. The number of aliphatic carboxylic acids is 1. The van der Waals surface area contributed by atoms with E-state index < -0.39 is 5.97 Å². The van der Waals surface area contributed by atoms with E-state index in [4.69, 9.17) is 5.11 Å². The van der Waals surface area contributed by atoms with Crippen LogP contribution in [0.4, 0.5) is 0 Å². The van der Waals surface area contributed by atoms with Gasteiger partial charge in [0.2, 0.25) is 0 Å². The Morgan fingerprint density at radius 1 is 1.35 bits per heavy atom. The van der Waals surface area contributed by atoms with Crippen LogP contribution >= 0.6 is 0 Å². The predicted octanol–water partition coefficient (Wildman–Crippen LogP) is 3.43. The van der Waals surface area contributed by atoms with Crippen LogP contribution in [0.3, 0.4) is 0 Å². The summed E-state index contributed by atoms with van der Waals surface area (Å²) in [7, 11) is 0. The molecule has 1 aliphatic carbocycles. The Balaban J connectivity index is 1.81. The summed E-state index contributed by atoms with van der Waals surface area (Å²) in [6.45, 7) is 0. The summed E-state index contributed by atoms with van der Waals surface area (Å²) in [6.07, 6.45) is 6.83. The molecule has 2 nitrogen and oxygen atoms in total. The molecule has 0 saturated heterocycles. The molecule has 1 fully saturated rings. The second kappa shape index (κ2) is 5.67. The Morgan fingerprint density at radius 3 is 2.76 bits per heavy atom. The molecule has 2 rings (SSSR count). The van der Waals surface area contributed by atoms with Crippen molar-refractivity contribution in [1.29, 1.82) is 0 Å². The van der Waals surface area contributed by atoms with Gasteiger partial charge in [-0.15, -0.1) is 0 Å². The van der Waals surface area contributed by atoms with E-state index in [-0.39, 0.29) is 5.92 Å². The molecule has 0 bridgehead atoms. The van der Waals surface area contributed by atoms with Crippen LogP contribution in [0.2, 0.25) is 0 Å².